The average Bonchev–Trinajstić information content (AvgIpc) is 2.62. The van der Waals surface area contributed by atoms with Crippen LogP contribution in [0.25, 0.3) is 0 Å². The number of carbonyl (C=O) groups is 2. The minimum atomic E-state index is -0.867. The molecule has 0 unspecified atom stereocenters. The summed E-state index contributed by atoms with van der Waals surface area (Å²) in [6, 6.07) is 13.3. The molecule has 0 saturated carbocycles. The zero-order valence-electron chi connectivity index (χ0n) is 14.6. The van der Waals surface area contributed by atoms with Crippen LogP contribution in [0.1, 0.15) is 5.56 Å². The highest BCUT2D eigenvalue weighted by Gasteiger charge is 2.14. The van der Waals surface area contributed by atoms with E-state index in [2.05, 4.69) is 10.6 Å². The number of nitrogens with one attached hydrogen (secondary N) is 2. The van der Waals surface area contributed by atoms with E-state index in [1.54, 1.807) is 0 Å². The lowest BCUT2D eigenvalue weighted by molar-refractivity contribution is -0.384. The molecule has 0 heterocycles. The molecule has 2 rings (SSSR count). The largest absolute Gasteiger partial charge is 0.378 e. The summed E-state index contributed by atoms with van der Waals surface area (Å²) in [5.41, 5.74) is 2.15. The Kier molecular flexibility index (Phi) is 6.26. The van der Waals surface area contributed by atoms with Crippen LogP contribution in [-0.4, -0.2) is 37.4 Å². The number of anilines is 2. The van der Waals surface area contributed by atoms with Crippen LogP contribution in [0.5, 0.6) is 0 Å². The van der Waals surface area contributed by atoms with E-state index >= 15 is 0 Å². The van der Waals surface area contributed by atoms with E-state index in [9.17, 15) is 19.7 Å². The molecule has 0 aliphatic rings. The Morgan fingerprint density at radius 3 is 2.38 bits per heavy atom. The smallest absolute Gasteiger partial charge is 0.313 e. The third-order valence-corrected chi connectivity index (χ3v) is 3.67. The van der Waals surface area contributed by atoms with Gasteiger partial charge in [0.2, 0.25) is 0 Å². The summed E-state index contributed by atoms with van der Waals surface area (Å²) < 4.78 is 0. The summed E-state index contributed by atoms with van der Waals surface area (Å²) in [7, 11) is 3.91. The van der Waals surface area contributed by atoms with Gasteiger partial charge in [0.25, 0.3) is 5.69 Å². The SMILES string of the molecule is CN(C)c1ccc(CCNC(=O)C(=O)Nc2cccc([N+](=O)[O-])c2)cc1. The summed E-state index contributed by atoms with van der Waals surface area (Å²) in [5.74, 6) is -1.66. The Hall–Kier alpha value is -3.42. The van der Waals surface area contributed by atoms with E-state index in [0.29, 0.717) is 13.0 Å². The van der Waals surface area contributed by atoms with Crippen molar-refractivity contribution < 1.29 is 14.5 Å². The number of nitro groups is 1. The molecule has 26 heavy (non-hydrogen) atoms. The van der Waals surface area contributed by atoms with Crippen molar-refractivity contribution in [2.24, 2.45) is 0 Å². The van der Waals surface area contributed by atoms with E-state index in [0.717, 1.165) is 11.3 Å². The molecule has 136 valence electrons. The lowest BCUT2D eigenvalue weighted by Crippen LogP contribution is -2.36. The zero-order valence-corrected chi connectivity index (χ0v) is 14.6. The third kappa shape index (κ3) is 5.30. The quantitative estimate of drug-likeness (QED) is 0.468. The molecule has 2 aromatic rings. The summed E-state index contributed by atoms with van der Waals surface area (Å²) in [5, 5.41) is 15.6. The number of amides is 2. The fourth-order valence-electron chi connectivity index (χ4n) is 2.25. The number of hydrogen-bond donors (Lipinski definition) is 2. The molecule has 0 radical (unpaired) electrons. The number of hydrogen-bond acceptors (Lipinski definition) is 5. The summed E-state index contributed by atoms with van der Waals surface area (Å²) in [4.78, 5) is 35.8. The fraction of sp³-hybridized carbons (Fsp3) is 0.222. The molecule has 8 heteroatoms. The van der Waals surface area contributed by atoms with Crippen LogP contribution in [0.15, 0.2) is 48.5 Å². The van der Waals surface area contributed by atoms with Gasteiger partial charge >= 0.3 is 11.8 Å². The van der Waals surface area contributed by atoms with E-state index in [-0.39, 0.29) is 11.4 Å². The molecule has 2 amide bonds. The average molecular weight is 356 g/mol. The van der Waals surface area contributed by atoms with Gasteiger partial charge in [0, 0.05) is 44.1 Å². The molecule has 0 atom stereocenters. The Balaban J connectivity index is 1.82. The molecule has 0 bridgehead atoms. The molecule has 0 aliphatic heterocycles. The molecule has 0 spiro atoms. The van der Waals surface area contributed by atoms with Crippen molar-refractivity contribution in [1.82, 2.24) is 5.32 Å². The van der Waals surface area contributed by atoms with Gasteiger partial charge in [-0.1, -0.05) is 18.2 Å². The normalized spacial score (nSPS) is 10.1. The predicted octanol–water partition coefficient (Wildman–Crippen LogP) is 1.96. The molecule has 0 saturated heterocycles. The van der Waals surface area contributed by atoms with Gasteiger partial charge in [0.1, 0.15) is 0 Å². The number of benzene rings is 2. The standard InChI is InChI=1S/C18H20N4O4/c1-21(2)15-8-6-13(7-9-15)10-11-19-17(23)18(24)20-14-4-3-5-16(12-14)22(25)26/h3-9,12H,10-11H2,1-2H3,(H,19,23)(H,20,24). The Bertz CT molecular complexity index is 803. The van der Waals surface area contributed by atoms with Gasteiger partial charge in [-0.2, -0.15) is 0 Å². The molecule has 8 nitrogen and oxygen atoms in total. The molecule has 0 aliphatic carbocycles. The maximum atomic E-state index is 11.9. The predicted molar refractivity (Wildman–Crippen MR) is 99.2 cm³/mol. The summed E-state index contributed by atoms with van der Waals surface area (Å²) in [6.45, 7) is 0.308. The summed E-state index contributed by atoms with van der Waals surface area (Å²) in [6.07, 6.45) is 0.587. The second-order valence-electron chi connectivity index (χ2n) is 5.83. The van der Waals surface area contributed by atoms with Gasteiger partial charge < -0.3 is 15.5 Å². The van der Waals surface area contributed by atoms with Gasteiger partial charge in [-0.25, -0.2) is 0 Å². The van der Waals surface area contributed by atoms with Crippen molar-refractivity contribution >= 4 is 28.9 Å². The van der Waals surface area contributed by atoms with Crippen molar-refractivity contribution in [2.45, 2.75) is 6.42 Å². The molecular formula is C18H20N4O4. The lowest BCUT2D eigenvalue weighted by Gasteiger charge is -2.12. The first kappa shape index (κ1) is 18.9. The van der Waals surface area contributed by atoms with Crippen LogP contribution in [0.4, 0.5) is 17.1 Å². The van der Waals surface area contributed by atoms with E-state index in [1.807, 2.05) is 43.3 Å². The van der Waals surface area contributed by atoms with Gasteiger partial charge in [-0.05, 0) is 30.2 Å². The van der Waals surface area contributed by atoms with Crippen molar-refractivity contribution in [3.8, 4) is 0 Å². The topological polar surface area (TPSA) is 105 Å². The first-order chi connectivity index (χ1) is 12.4. The highest BCUT2D eigenvalue weighted by Crippen LogP contribution is 2.16. The monoisotopic (exact) mass is 356 g/mol. The number of rotatable bonds is 6. The van der Waals surface area contributed by atoms with Crippen molar-refractivity contribution in [1.29, 1.82) is 0 Å². The van der Waals surface area contributed by atoms with Crippen molar-refractivity contribution in [3.63, 3.8) is 0 Å². The lowest BCUT2D eigenvalue weighted by atomic mass is 10.1. The van der Waals surface area contributed by atoms with Gasteiger partial charge in [0.15, 0.2) is 0 Å². The molecule has 2 aromatic carbocycles. The maximum absolute atomic E-state index is 11.9. The highest BCUT2D eigenvalue weighted by atomic mass is 16.6. The molecule has 2 N–H and O–H groups in total. The van der Waals surface area contributed by atoms with Crippen LogP contribution in [0.3, 0.4) is 0 Å². The van der Waals surface area contributed by atoms with Crippen molar-refractivity contribution in [2.75, 3.05) is 30.9 Å². The molecular weight excluding hydrogens is 336 g/mol. The summed E-state index contributed by atoms with van der Waals surface area (Å²) >= 11 is 0. The first-order valence-electron chi connectivity index (χ1n) is 7.96. The third-order valence-electron chi connectivity index (χ3n) is 3.67. The van der Waals surface area contributed by atoms with E-state index in [1.165, 1.54) is 24.3 Å². The van der Waals surface area contributed by atoms with Crippen LogP contribution in [0, 0.1) is 10.1 Å². The van der Waals surface area contributed by atoms with Gasteiger partial charge in [0.05, 0.1) is 4.92 Å². The Morgan fingerprint density at radius 2 is 1.77 bits per heavy atom. The fourth-order valence-corrected chi connectivity index (χ4v) is 2.25. The second kappa shape index (κ2) is 8.61. The van der Waals surface area contributed by atoms with Crippen LogP contribution in [-0.2, 0) is 16.0 Å². The zero-order chi connectivity index (χ0) is 19.1. The van der Waals surface area contributed by atoms with Crippen molar-refractivity contribution in [3.05, 3.63) is 64.2 Å². The van der Waals surface area contributed by atoms with E-state index < -0.39 is 16.7 Å². The first-order valence-corrected chi connectivity index (χ1v) is 7.96. The van der Waals surface area contributed by atoms with E-state index in [4.69, 9.17) is 0 Å². The van der Waals surface area contributed by atoms with Crippen LogP contribution in [0.2, 0.25) is 0 Å². The second-order valence-corrected chi connectivity index (χ2v) is 5.83. The van der Waals surface area contributed by atoms with Crippen LogP contribution >= 0.6 is 0 Å². The number of nitro benzene ring substituents is 1. The maximum Gasteiger partial charge on any atom is 0.313 e. The number of carbonyl (C=O) groups excluding carboxylic acids is 2. The van der Waals surface area contributed by atoms with Crippen LogP contribution < -0.4 is 15.5 Å². The van der Waals surface area contributed by atoms with Gasteiger partial charge in [-0.3, -0.25) is 19.7 Å². The minimum Gasteiger partial charge on any atom is -0.378 e. The minimum absolute atomic E-state index is 0.163. The number of non-ortho nitro benzene ring substituents is 1. The van der Waals surface area contributed by atoms with Gasteiger partial charge in [-0.15, -0.1) is 0 Å². The highest BCUT2D eigenvalue weighted by molar-refractivity contribution is 6.39. The number of nitrogens with zero attached hydrogens (tertiary/aromatic N) is 2. The molecule has 0 fully saturated rings. The Morgan fingerprint density at radius 1 is 1.08 bits per heavy atom. The Labute approximate surface area is 151 Å². The molecule has 0 aromatic heterocycles.